The summed E-state index contributed by atoms with van der Waals surface area (Å²) in [6.07, 6.45) is 5.84. The highest BCUT2D eigenvalue weighted by Crippen LogP contribution is 2.25. The molecule has 0 amide bonds. The van der Waals surface area contributed by atoms with Crippen molar-refractivity contribution in [2.45, 2.75) is 37.4 Å². The molecule has 0 aromatic rings. The second kappa shape index (κ2) is 5.23. The molecule has 72 valence electrons. The van der Waals surface area contributed by atoms with E-state index < -0.39 is 0 Å². The third-order valence-electron chi connectivity index (χ3n) is 2.61. The third kappa shape index (κ3) is 3.90. The molecule has 0 saturated heterocycles. The highest BCUT2D eigenvalue weighted by molar-refractivity contribution is 9.09. The summed E-state index contributed by atoms with van der Waals surface area (Å²) in [6, 6.07) is 0. The van der Waals surface area contributed by atoms with Crippen LogP contribution in [0, 0.1) is 5.92 Å². The lowest BCUT2D eigenvalue weighted by Crippen LogP contribution is -2.29. The van der Waals surface area contributed by atoms with Gasteiger partial charge in [0.25, 0.3) is 0 Å². The fraction of sp³-hybridized carbons (Fsp3) is 1.00. The van der Waals surface area contributed by atoms with E-state index in [2.05, 4.69) is 34.8 Å². The van der Waals surface area contributed by atoms with E-state index in [1.165, 1.54) is 38.8 Å². The van der Waals surface area contributed by atoms with Crippen molar-refractivity contribution in [3.63, 3.8) is 0 Å². The summed E-state index contributed by atoms with van der Waals surface area (Å²) in [6.45, 7) is 4.69. The van der Waals surface area contributed by atoms with Gasteiger partial charge in [0.1, 0.15) is 0 Å². The summed E-state index contributed by atoms with van der Waals surface area (Å²) in [5.74, 6) is 0.987. The quantitative estimate of drug-likeness (QED) is 0.676. The molecule has 1 nitrogen and oxygen atoms in total. The van der Waals surface area contributed by atoms with Crippen LogP contribution in [0.5, 0.6) is 0 Å². The molecule has 1 rings (SSSR count). The Morgan fingerprint density at radius 2 is 2.00 bits per heavy atom. The second-order valence-electron chi connectivity index (χ2n) is 4.15. The van der Waals surface area contributed by atoms with Crippen molar-refractivity contribution >= 4 is 15.9 Å². The highest BCUT2D eigenvalue weighted by atomic mass is 79.9. The number of hydrogen-bond acceptors (Lipinski definition) is 1. The van der Waals surface area contributed by atoms with Crippen LogP contribution in [0.4, 0.5) is 0 Å². The van der Waals surface area contributed by atoms with Crippen molar-refractivity contribution in [3.05, 3.63) is 0 Å². The molecule has 1 atom stereocenters. The van der Waals surface area contributed by atoms with Gasteiger partial charge in [-0.05, 0) is 25.8 Å². The Balaban J connectivity index is 2.11. The van der Waals surface area contributed by atoms with Crippen LogP contribution in [-0.2, 0) is 0 Å². The molecule has 1 saturated carbocycles. The van der Waals surface area contributed by atoms with Gasteiger partial charge in [-0.25, -0.2) is 0 Å². The maximum Gasteiger partial charge on any atom is 0.0244 e. The first kappa shape index (κ1) is 10.5. The predicted octanol–water partition coefficient (Wildman–Crippen LogP) is 2.89. The van der Waals surface area contributed by atoms with Crippen LogP contribution in [0.2, 0.25) is 0 Å². The number of hydrogen-bond donors (Lipinski definition) is 0. The van der Waals surface area contributed by atoms with Crippen molar-refractivity contribution in [2.24, 2.45) is 5.92 Å². The molecule has 0 aliphatic heterocycles. The SMILES string of the molecule is CC(Br)CN(C)CC1CCCC1. The number of alkyl halides is 1. The van der Waals surface area contributed by atoms with E-state index in [1.807, 2.05) is 0 Å². The van der Waals surface area contributed by atoms with Crippen molar-refractivity contribution in [1.82, 2.24) is 4.90 Å². The van der Waals surface area contributed by atoms with Crippen molar-refractivity contribution in [3.8, 4) is 0 Å². The largest absolute Gasteiger partial charge is 0.305 e. The standard InChI is InChI=1S/C10H20BrN/c1-9(11)7-12(2)8-10-5-3-4-6-10/h9-10H,3-8H2,1-2H3. The van der Waals surface area contributed by atoms with E-state index in [9.17, 15) is 0 Å². The van der Waals surface area contributed by atoms with E-state index in [0.717, 1.165) is 5.92 Å². The van der Waals surface area contributed by atoms with Gasteiger partial charge in [0.15, 0.2) is 0 Å². The lowest BCUT2D eigenvalue weighted by Gasteiger charge is -2.21. The highest BCUT2D eigenvalue weighted by Gasteiger charge is 2.16. The first-order chi connectivity index (χ1) is 5.68. The summed E-state index contributed by atoms with van der Waals surface area (Å²) in [5, 5.41) is 0. The molecule has 1 unspecified atom stereocenters. The van der Waals surface area contributed by atoms with Crippen LogP contribution in [0.1, 0.15) is 32.6 Å². The molecular formula is C10H20BrN. The van der Waals surface area contributed by atoms with Crippen LogP contribution < -0.4 is 0 Å². The Morgan fingerprint density at radius 1 is 1.42 bits per heavy atom. The van der Waals surface area contributed by atoms with Crippen molar-refractivity contribution < 1.29 is 0 Å². The predicted molar refractivity (Wildman–Crippen MR) is 57.8 cm³/mol. The molecule has 0 heterocycles. The number of halogens is 1. The van der Waals surface area contributed by atoms with Gasteiger partial charge >= 0.3 is 0 Å². The molecule has 1 aliphatic carbocycles. The fourth-order valence-corrected chi connectivity index (χ4v) is 2.63. The maximum absolute atomic E-state index is 3.58. The zero-order chi connectivity index (χ0) is 8.97. The first-order valence-electron chi connectivity index (χ1n) is 5.01. The smallest absolute Gasteiger partial charge is 0.0244 e. The average molecular weight is 234 g/mol. The van der Waals surface area contributed by atoms with Crippen LogP contribution in [0.15, 0.2) is 0 Å². The Labute approximate surface area is 84.6 Å². The minimum absolute atomic E-state index is 0.629. The Bertz CT molecular complexity index is 119. The van der Waals surface area contributed by atoms with Crippen molar-refractivity contribution in [2.75, 3.05) is 20.1 Å². The molecule has 12 heavy (non-hydrogen) atoms. The van der Waals surface area contributed by atoms with Gasteiger partial charge in [-0.2, -0.15) is 0 Å². The molecule has 2 heteroatoms. The molecule has 1 fully saturated rings. The van der Waals surface area contributed by atoms with E-state index in [4.69, 9.17) is 0 Å². The van der Waals surface area contributed by atoms with Gasteiger partial charge in [-0.1, -0.05) is 35.7 Å². The Hall–Kier alpha value is 0.440. The molecular weight excluding hydrogens is 214 g/mol. The van der Waals surface area contributed by atoms with Gasteiger partial charge in [0, 0.05) is 17.9 Å². The summed E-state index contributed by atoms with van der Waals surface area (Å²) in [4.78, 5) is 3.08. The van der Waals surface area contributed by atoms with Gasteiger partial charge in [0.2, 0.25) is 0 Å². The molecule has 0 N–H and O–H groups in total. The van der Waals surface area contributed by atoms with Gasteiger partial charge in [-0.3, -0.25) is 0 Å². The van der Waals surface area contributed by atoms with Gasteiger partial charge in [-0.15, -0.1) is 0 Å². The second-order valence-corrected chi connectivity index (χ2v) is 5.72. The first-order valence-corrected chi connectivity index (χ1v) is 5.92. The minimum Gasteiger partial charge on any atom is -0.305 e. The Kier molecular flexibility index (Phi) is 4.59. The zero-order valence-electron chi connectivity index (χ0n) is 8.22. The number of nitrogens with zero attached hydrogens (tertiary/aromatic N) is 1. The molecule has 0 aromatic heterocycles. The Morgan fingerprint density at radius 3 is 2.50 bits per heavy atom. The molecule has 1 aliphatic rings. The average Bonchev–Trinajstić information content (AvgIpc) is 2.37. The normalized spacial score (nSPS) is 22.0. The lowest BCUT2D eigenvalue weighted by molar-refractivity contribution is 0.282. The van der Waals surface area contributed by atoms with Gasteiger partial charge in [0.05, 0.1) is 0 Å². The summed E-state index contributed by atoms with van der Waals surface area (Å²) in [5.41, 5.74) is 0. The van der Waals surface area contributed by atoms with Crippen LogP contribution in [0.25, 0.3) is 0 Å². The summed E-state index contributed by atoms with van der Waals surface area (Å²) < 4.78 is 0. The topological polar surface area (TPSA) is 3.24 Å². The van der Waals surface area contributed by atoms with E-state index in [-0.39, 0.29) is 0 Å². The number of rotatable bonds is 4. The maximum atomic E-state index is 3.58. The van der Waals surface area contributed by atoms with Gasteiger partial charge < -0.3 is 4.90 Å². The van der Waals surface area contributed by atoms with E-state index in [1.54, 1.807) is 0 Å². The van der Waals surface area contributed by atoms with Crippen LogP contribution >= 0.6 is 15.9 Å². The fourth-order valence-electron chi connectivity index (χ4n) is 2.14. The summed E-state index contributed by atoms with van der Waals surface area (Å²) >= 11 is 3.58. The van der Waals surface area contributed by atoms with Crippen LogP contribution in [-0.4, -0.2) is 29.9 Å². The molecule has 0 bridgehead atoms. The van der Waals surface area contributed by atoms with Crippen molar-refractivity contribution in [1.29, 1.82) is 0 Å². The third-order valence-corrected chi connectivity index (χ3v) is 2.90. The molecule has 0 spiro atoms. The van der Waals surface area contributed by atoms with Crippen LogP contribution in [0.3, 0.4) is 0 Å². The zero-order valence-corrected chi connectivity index (χ0v) is 9.81. The lowest BCUT2D eigenvalue weighted by atomic mass is 10.1. The van der Waals surface area contributed by atoms with E-state index in [0.29, 0.717) is 4.83 Å². The van der Waals surface area contributed by atoms with E-state index >= 15 is 0 Å². The molecule has 0 aromatic carbocycles. The molecule has 0 radical (unpaired) electrons. The summed E-state index contributed by atoms with van der Waals surface area (Å²) in [7, 11) is 2.23. The monoisotopic (exact) mass is 233 g/mol. The minimum atomic E-state index is 0.629.